The fraction of sp³-hybridized carbons (Fsp3) is 0.235. The molecular formula is C17H21N2+. The number of anilines is 1. The van der Waals surface area contributed by atoms with E-state index in [1.54, 1.807) is 0 Å². The summed E-state index contributed by atoms with van der Waals surface area (Å²) in [6.45, 7) is 3.18. The lowest BCUT2D eigenvalue weighted by Crippen LogP contribution is -2.25. The zero-order valence-corrected chi connectivity index (χ0v) is 11.9. The third kappa shape index (κ3) is 3.68. The van der Waals surface area contributed by atoms with Crippen LogP contribution in [0.3, 0.4) is 0 Å². The first-order valence-corrected chi connectivity index (χ1v) is 6.63. The molecule has 2 rings (SSSR count). The Hall–Kier alpha value is -2.09. The van der Waals surface area contributed by atoms with Crippen LogP contribution in [0.25, 0.3) is 12.2 Å². The summed E-state index contributed by atoms with van der Waals surface area (Å²) in [5.41, 5.74) is 3.70. The third-order valence-electron chi connectivity index (χ3n) is 3.28. The quantitative estimate of drug-likeness (QED) is 0.759. The number of pyridine rings is 1. The number of nitrogens with zero attached hydrogens (tertiary/aromatic N) is 2. The summed E-state index contributed by atoms with van der Waals surface area (Å²) in [4.78, 5) is 2.23. The van der Waals surface area contributed by atoms with Gasteiger partial charge in [-0.25, -0.2) is 4.57 Å². The molecule has 0 fully saturated rings. The number of aromatic nitrogens is 1. The molecule has 0 spiro atoms. The number of benzene rings is 1. The van der Waals surface area contributed by atoms with Gasteiger partial charge in [0.1, 0.15) is 7.05 Å². The minimum Gasteiger partial charge on any atom is -0.375 e. The van der Waals surface area contributed by atoms with Crippen molar-refractivity contribution < 1.29 is 4.57 Å². The van der Waals surface area contributed by atoms with Crippen LogP contribution in [-0.4, -0.2) is 13.6 Å². The first kappa shape index (κ1) is 13.3. The summed E-state index contributed by atoms with van der Waals surface area (Å²) >= 11 is 0. The minimum absolute atomic E-state index is 1.02. The van der Waals surface area contributed by atoms with Gasteiger partial charge in [-0.05, 0) is 30.2 Å². The highest BCUT2D eigenvalue weighted by Crippen LogP contribution is 2.15. The molecule has 0 saturated carbocycles. The zero-order valence-electron chi connectivity index (χ0n) is 11.9. The van der Waals surface area contributed by atoms with Crippen LogP contribution in [-0.2, 0) is 7.05 Å². The highest BCUT2D eigenvalue weighted by atomic mass is 15.1. The van der Waals surface area contributed by atoms with Gasteiger partial charge < -0.3 is 4.90 Å². The number of aryl methyl sites for hydroxylation is 1. The molecule has 19 heavy (non-hydrogen) atoms. The van der Waals surface area contributed by atoms with Crippen LogP contribution in [0.1, 0.15) is 18.1 Å². The van der Waals surface area contributed by atoms with Crippen LogP contribution in [0, 0.1) is 0 Å². The van der Waals surface area contributed by atoms with Crippen LogP contribution in [0.15, 0.2) is 48.8 Å². The lowest BCUT2D eigenvalue weighted by Gasteiger charge is -2.16. The molecule has 1 aromatic heterocycles. The predicted octanol–water partition coefficient (Wildman–Crippen LogP) is 3.14. The van der Waals surface area contributed by atoms with Crippen molar-refractivity contribution in [1.29, 1.82) is 0 Å². The van der Waals surface area contributed by atoms with E-state index in [2.05, 4.69) is 79.8 Å². The molecule has 1 aromatic carbocycles. The third-order valence-corrected chi connectivity index (χ3v) is 3.28. The second-order valence-corrected chi connectivity index (χ2v) is 4.74. The molecule has 98 valence electrons. The molecule has 1 heterocycles. The van der Waals surface area contributed by atoms with E-state index in [0.29, 0.717) is 0 Å². The zero-order chi connectivity index (χ0) is 13.7. The molecule has 0 atom stereocenters. The molecule has 0 aliphatic carbocycles. The highest BCUT2D eigenvalue weighted by molar-refractivity contribution is 5.70. The van der Waals surface area contributed by atoms with Crippen LogP contribution in [0.2, 0.25) is 0 Å². The molecule has 0 aliphatic rings. The van der Waals surface area contributed by atoms with Crippen LogP contribution < -0.4 is 9.47 Å². The van der Waals surface area contributed by atoms with E-state index < -0.39 is 0 Å². The fourth-order valence-electron chi connectivity index (χ4n) is 1.84. The molecule has 0 amide bonds. The van der Waals surface area contributed by atoms with Gasteiger partial charge in [0.25, 0.3) is 0 Å². The summed E-state index contributed by atoms with van der Waals surface area (Å²) in [5.74, 6) is 0. The number of hydrogen-bond donors (Lipinski definition) is 0. The standard InChI is InChI=1S/C17H21N2/c1-4-19(3)17-9-7-15(8-10-17)5-6-16-11-13-18(2)14-12-16/h5-14H,4H2,1-3H3/q+1. The normalized spacial score (nSPS) is 10.9. The second-order valence-electron chi connectivity index (χ2n) is 4.74. The maximum atomic E-state index is 2.23. The molecule has 2 aromatic rings. The molecule has 2 heteroatoms. The molecule has 0 aliphatic heterocycles. The second kappa shape index (κ2) is 6.19. The van der Waals surface area contributed by atoms with Gasteiger partial charge in [-0.2, -0.15) is 0 Å². The van der Waals surface area contributed by atoms with Gasteiger partial charge in [-0.3, -0.25) is 0 Å². The van der Waals surface area contributed by atoms with E-state index in [4.69, 9.17) is 0 Å². The first-order valence-electron chi connectivity index (χ1n) is 6.63. The van der Waals surface area contributed by atoms with Crippen LogP contribution >= 0.6 is 0 Å². The largest absolute Gasteiger partial charge is 0.375 e. The van der Waals surface area contributed by atoms with Crippen LogP contribution in [0.5, 0.6) is 0 Å². The number of hydrogen-bond acceptors (Lipinski definition) is 1. The SMILES string of the molecule is CCN(C)c1ccc(C=Cc2cc[n+](C)cc2)cc1. The Labute approximate surface area is 115 Å². The van der Waals surface area contributed by atoms with Gasteiger partial charge >= 0.3 is 0 Å². The Bertz CT molecular complexity index is 538. The maximum absolute atomic E-state index is 2.23. The minimum atomic E-state index is 1.02. The Kier molecular flexibility index (Phi) is 4.35. The van der Waals surface area contributed by atoms with Gasteiger partial charge in [0.2, 0.25) is 0 Å². The Balaban J connectivity index is 2.09. The van der Waals surface area contributed by atoms with E-state index in [1.165, 1.54) is 16.8 Å². The van der Waals surface area contributed by atoms with Crippen molar-refractivity contribution in [3.63, 3.8) is 0 Å². The predicted molar refractivity (Wildman–Crippen MR) is 81.9 cm³/mol. The molecule has 0 unspecified atom stereocenters. The van der Waals surface area contributed by atoms with Gasteiger partial charge in [0.05, 0.1) is 0 Å². The number of rotatable bonds is 4. The topological polar surface area (TPSA) is 7.12 Å². The summed E-state index contributed by atoms with van der Waals surface area (Å²) in [6, 6.07) is 12.8. The average Bonchev–Trinajstić information content (AvgIpc) is 2.46. The first-order chi connectivity index (χ1) is 9.19. The van der Waals surface area contributed by atoms with Gasteiger partial charge in [-0.1, -0.05) is 24.3 Å². The van der Waals surface area contributed by atoms with Crippen molar-refractivity contribution in [2.45, 2.75) is 6.92 Å². The van der Waals surface area contributed by atoms with Crippen molar-refractivity contribution in [2.24, 2.45) is 7.05 Å². The van der Waals surface area contributed by atoms with Gasteiger partial charge in [0, 0.05) is 31.4 Å². The van der Waals surface area contributed by atoms with Gasteiger partial charge in [0.15, 0.2) is 12.4 Å². The van der Waals surface area contributed by atoms with Crippen molar-refractivity contribution in [3.8, 4) is 0 Å². The van der Waals surface area contributed by atoms with Crippen LogP contribution in [0.4, 0.5) is 5.69 Å². The Morgan fingerprint density at radius 1 is 0.947 bits per heavy atom. The van der Waals surface area contributed by atoms with Crippen molar-refractivity contribution in [2.75, 3.05) is 18.5 Å². The highest BCUT2D eigenvalue weighted by Gasteiger charge is 1.97. The molecule has 0 radical (unpaired) electrons. The van der Waals surface area contributed by atoms with E-state index in [-0.39, 0.29) is 0 Å². The Morgan fingerprint density at radius 3 is 2.00 bits per heavy atom. The lowest BCUT2D eigenvalue weighted by molar-refractivity contribution is -0.671. The maximum Gasteiger partial charge on any atom is 0.169 e. The Morgan fingerprint density at radius 2 is 1.47 bits per heavy atom. The fourth-order valence-corrected chi connectivity index (χ4v) is 1.84. The van der Waals surface area contributed by atoms with Crippen molar-refractivity contribution in [3.05, 3.63) is 59.9 Å². The van der Waals surface area contributed by atoms with E-state index >= 15 is 0 Å². The lowest BCUT2D eigenvalue weighted by atomic mass is 10.1. The molecule has 0 N–H and O–H groups in total. The summed E-state index contributed by atoms with van der Waals surface area (Å²) < 4.78 is 2.03. The molecule has 2 nitrogen and oxygen atoms in total. The van der Waals surface area contributed by atoms with E-state index in [9.17, 15) is 0 Å². The van der Waals surface area contributed by atoms with E-state index in [0.717, 1.165) is 6.54 Å². The average molecular weight is 253 g/mol. The van der Waals surface area contributed by atoms with E-state index in [1.807, 2.05) is 11.6 Å². The summed E-state index contributed by atoms with van der Waals surface area (Å²) in [5, 5.41) is 0. The van der Waals surface area contributed by atoms with Crippen molar-refractivity contribution in [1.82, 2.24) is 0 Å². The summed E-state index contributed by atoms with van der Waals surface area (Å²) in [6.07, 6.45) is 8.39. The molecular weight excluding hydrogens is 232 g/mol. The van der Waals surface area contributed by atoms with Crippen molar-refractivity contribution >= 4 is 17.8 Å². The smallest absolute Gasteiger partial charge is 0.169 e. The summed E-state index contributed by atoms with van der Waals surface area (Å²) in [7, 11) is 4.13. The van der Waals surface area contributed by atoms with Gasteiger partial charge in [-0.15, -0.1) is 0 Å². The monoisotopic (exact) mass is 253 g/mol. The molecule has 0 saturated heterocycles. The molecule has 0 bridgehead atoms.